The number of rotatable bonds is 8. The summed E-state index contributed by atoms with van der Waals surface area (Å²) in [7, 11) is 0. The van der Waals surface area contributed by atoms with E-state index in [1.54, 1.807) is 6.07 Å². The highest BCUT2D eigenvalue weighted by atomic mass is 19.1. The van der Waals surface area contributed by atoms with Crippen molar-refractivity contribution < 1.29 is 14.3 Å². The Hall–Kier alpha value is -2.77. The summed E-state index contributed by atoms with van der Waals surface area (Å²) in [6.07, 6.45) is 11.1. The molecule has 1 aromatic heterocycles. The van der Waals surface area contributed by atoms with Crippen molar-refractivity contribution in [2.24, 2.45) is 11.3 Å². The van der Waals surface area contributed by atoms with E-state index >= 15 is 0 Å². The van der Waals surface area contributed by atoms with Gasteiger partial charge in [-0.25, -0.2) is 9.37 Å². The number of aromatic nitrogens is 2. The predicted molar refractivity (Wildman–Crippen MR) is 163 cm³/mol. The van der Waals surface area contributed by atoms with Gasteiger partial charge in [0.15, 0.2) is 0 Å². The first kappa shape index (κ1) is 28.0. The van der Waals surface area contributed by atoms with Crippen LogP contribution < -0.4 is 5.32 Å². The number of aliphatic carboxylic acids is 1. The van der Waals surface area contributed by atoms with Crippen LogP contribution in [0.15, 0.2) is 48.5 Å². The lowest BCUT2D eigenvalue weighted by Gasteiger charge is -2.42. The zero-order valence-corrected chi connectivity index (χ0v) is 24.9. The van der Waals surface area contributed by atoms with E-state index in [0.29, 0.717) is 24.5 Å². The van der Waals surface area contributed by atoms with E-state index in [-0.39, 0.29) is 17.3 Å². The molecule has 7 heteroatoms. The Balaban J connectivity index is 1.17. The maximum Gasteiger partial charge on any atom is 0.310 e. The van der Waals surface area contributed by atoms with Gasteiger partial charge < -0.3 is 19.9 Å². The topological polar surface area (TPSA) is 70.4 Å². The average Bonchev–Trinajstić information content (AvgIpc) is 3.65. The second-order valence-electron chi connectivity index (χ2n) is 14.0. The van der Waals surface area contributed by atoms with Crippen LogP contribution in [0.5, 0.6) is 0 Å². The molecule has 1 aliphatic carbocycles. The number of hydrogen-bond donors (Lipinski definition) is 2. The van der Waals surface area contributed by atoms with Crippen LogP contribution >= 0.6 is 0 Å². The highest BCUT2D eigenvalue weighted by Crippen LogP contribution is 2.49. The molecule has 4 heterocycles. The number of carboxylic acid groups (broad SMARTS) is 1. The Labute approximate surface area is 248 Å². The number of carboxylic acids is 1. The van der Waals surface area contributed by atoms with E-state index < -0.39 is 11.4 Å². The van der Waals surface area contributed by atoms with E-state index in [0.717, 1.165) is 88.4 Å². The predicted octanol–water partition coefficient (Wildman–Crippen LogP) is 6.70. The molecule has 1 saturated carbocycles. The number of nitrogens with zero attached hydrogens (tertiary/aromatic N) is 3. The van der Waals surface area contributed by atoms with Crippen molar-refractivity contribution in [2.45, 2.75) is 101 Å². The molecule has 224 valence electrons. The molecular weight excluding hydrogens is 527 g/mol. The second kappa shape index (κ2) is 11.1. The Morgan fingerprint density at radius 1 is 1.10 bits per heavy atom. The fourth-order valence-electron chi connectivity index (χ4n) is 9.43. The van der Waals surface area contributed by atoms with Crippen LogP contribution in [0, 0.1) is 17.2 Å². The van der Waals surface area contributed by atoms with Crippen LogP contribution in [0.3, 0.4) is 0 Å². The number of halogens is 1. The first-order chi connectivity index (χ1) is 20.4. The SMILES string of the molecule is CCc1nc2ccccc2n1C1CC2CCC(C[C@H]3CN(CC4(C(=O)O)CCCCC4)C[C@@H]3c3cccc(F)c3)(C1)N2. The smallest absolute Gasteiger partial charge is 0.310 e. The summed E-state index contributed by atoms with van der Waals surface area (Å²) in [6, 6.07) is 16.6. The molecule has 42 heavy (non-hydrogen) atoms. The number of piperidine rings is 1. The molecule has 5 atom stereocenters. The summed E-state index contributed by atoms with van der Waals surface area (Å²) < 4.78 is 17.0. The lowest BCUT2D eigenvalue weighted by atomic mass is 9.73. The van der Waals surface area contributed by atoms with Crippen molar-refractivity contribution in [3.05, 3.63) is 65.7 Å². The van der Waals surface area contributed by atoms with E-state index in [1.807, 2.05) is 6.07 Å². The Morgan fingerprint density at radius 2 is 1.93 bits per heavy atom. The molecule has 4 aliphatic rings. The summed E-state index contributed by atoms with van der Waals surface area (Å²) in [5.74, 6) is 0.894. The minimum absolute atomic E-state index is 0.0333. The van der Waals surface area contributed by atoms with Gasteiger partial charge in [-0.3, -0.25) is 4.79 Å². The molecule has 6 nitrogen and oxygen atoms in total. The van der Waals surface area contributed by atoms with Crippen LogP contribution in [0.2, 0.25) is 0 Å². The van der Waals surface area contributed by atoms with Crippen molar-refractivity contribution >= 4 is 17.0 Å². The van der Waals surface area contributed by atoms with Crippen LogP contribution in [0.4, 0.5) is 4.39 Å². The van der Waals surface area contributed by atoms with Crippen LogP contribution in [-0.4, -0.2) is 56.7 Å². The van der Waals surface area contributed by atoms with Gasteiger partial charge in [0.05, 0.1) is 16.4 Å². The van der Waals surface area contributed by atoms with Gasteiger partial charge >= 0.3 is 5.97 Å². The zero-order chi connectivity index (χ0) is 28.9. The van der Waals surface area contributed by atoms with Crippen molar-refractivity contribution in [3.63, 3.8) is 0 Å². The number of aryl methyl sites for hydroxylation is 1. The standard InChI is InChI=1S/C35H45FN4O2/c1-2-32-37-30-11-4-5-12-31(30)40(32)28-18-27-13-16-35(20-28,38-27)19-25-21-39(22-29(25)24-9-8-10-26(36)17-24)23-34(33(41)42)14-6-3-7-15-34/h4-5,8-12,17,25,27-29,38H,2-3,6-7,13-16,18-23H2,1H3,(H,41,42)/t25-,27?,28?,29+,35?/m0/s1. The molecular formula is C35H45FN4O2. The Bertz CT molecular complexity index is 1450. The molecule has 3 unspecified atom stereocenters. The van der Waals surface area contributed by atoms with Gasteiger partial charge in [-0.05, 0) is 80.7 Å². The third-order valence-electron chi connectivity index (χ3n) is 11.3. The third-order valence-corrected chi connectivity index (χ3v) is 11.3. The molecule has 3 saturated heterocycles. The first-order valence-corrected chi connectivity index (χ1v) is 16.3. The highest BCUT2D eigenvalue weighted by Gasteiger charge is 2.50. The van der Waals surface area contributed by atoms with Gasteiger partial charge in [-0.1, -0.05) is 50.5 Å². The van der Waals surface area contributed by atoms with E-state index in [1.165, 1.54) is 23.8 Å². The average molecular weight is 573 g/mol. The van der Waals surface area contributed by atoms with Gasteiger partial charge in [0.2, 0.25) is 0 Å². The fraction of sp³-hybridized carbons (Fsp3) is 0.600. The molecule has 4 fully saturated rings. The molecule has 2 aromatic carbocycles. The first-order valence-electron chi connectivity index (χ1n) is 16.3. The minimum Gasteiger partial charge on any atom is -0.481 e. The van der Waals surface area contributed by atoms with Crippen molar-refractivity contribution in [1.82, 2.24) is 19.8 Å². The molecule has 3 aromatic rings. The summed E-state index contributed by atoms with van der Waals surface area (Å²) in [5, 5.41) is 14.4. The summed E-state index contributed by atoms with van der Waals surface area (Å²) in [6.45, 7) is 4.49. The van der Waals surface area contributed by atoms with Gasteiger partial charge in [0.1, 0.15) is 11.6 Å². The van der Waals surface area contributed by atoms with Gasteiger partial charge in [0.25, 0.3) is 0 Å². The quantitative estimate of drug-likeness (QED) is 0.314. The van der Waals surface area contributed by atoms with Crippen molar-refractivity contribution in [2.75, 3.05) is 19.6 Å². The van der Waals surface area contributed by atoms with Crippen LogP contribution in [0.25, 0.3) is 11.0 Å². The molecule has 7 rings (SSSR count). The molecule has 0 amide bonds. The van der Waals surface area contributed by atoms with E-state index in [4.69, 9.17) is 4.98 Å². The number of benzene rings is 2. The maximum absolute atomic E-state index is 14.5. The lowest BCUT2D eigenvalue weighted by Crippen LogP contribution is -2.51. The summed E-state index contributed by atoms with van der Waals surface area (Å²) in [5.41, 5.74) is 2.77. The second-order valence-corrected chi connectivity index (χ2v) is 14.0. The highest BCUT2D eigenvalue weighted by molar-refractivity contribution is 5.76. The maximum atomic E-state index is 14.5. The van der Waals surface area contributed by atoms with Gasteiger partial charge in [-0.15, -0.1) is 0 Å². The fourth-order valence-corrected chi connectivity index (χ4v) is 9.43. The van der Waals surface area contributed by atoms with Crippen LogP contribution in [-0.2, 0) is 11.2 Å². The zero-order valence-electron chi connectivity index (χ0n) is 24.9. The largest absolute Gasteiger partial charge is 0.481 e. The Kier molecular flexibility index (Phi) is 7.38. The van der Waals surface area contributed by atoms with E-state index in [9.17, 15) is 14.3 Å². The number of nitrogens with one attached hydrogen (secondary N) is 1. The van der Waals surface area contributed by atoms with Crippen molar-refractivity contribution in [3.8, 4) is 0 Å². The third kappa shape index (κ3) is 5.06. The number of para-hydroxylation sites is 2. The monoisotopic (exact) mass is 572 g/mol. The summed E-state index contributed by atoms with van der Waals surface area (Å²) in [4.78, 5) is 20.0. The number of fused-ring (bicyclic) bond motifs is 3. The molecule has 0 spiro atoms. The minimum atomic E-state index is -0.649. The number of carbonyl (C=O) groups is 1. The molecule has 3 aliphatic heterocycles. The molecule has 0 radical (unpaired) electrons. The summed E-state index contributed by atoms with van der Waals surface area (Å²) >= 11 is 0. The molecule has 2 bridgehead atoms. The number of likely N-dealkylation sites (tertiary alicyclic amines) is 1. The Morgan fingerprint density at radius 3 is 2.71 bits per heavy atom. The lowest BCUT2D eigenvalue weighted by molar-refractivity contribution is -0.152. The van der Waals surface area contributed by atoms with Crippen LogP contribution in [0.1, 0.15) is 94.5 Å². The van der Waals surface area contributed by atoms with Gasteiger partial charge in [0, 0.05) is 49.6 Å². The van der Waals surface area contributed by atoms with Crippen molar-refractivity contribution in [1.29, 1.82) is 0 Å². The molecule has 2 N–H and O–H groups in total. The number of hydrogen-bond acceptors (Lipinski definition) is 4. The van der Waals surface area contributed by atoms with E-state index in [2.05, 4.69) is 52.0 Å². The number of imidazole rings is 1. The normalized spacial score (nSPS) is 31.1. The van der Waals surface area contributed by atoms with Gasteiger partial charge in [-0.2, -0.15) is 0 Å².